The van der Waals surface area contributed by atoms with Crippen LogP contribution in [-0.4, -0.2) is 42.6 Å². The van der Waals surface area contributed by atoms with Gasteiger partial charge in [-0.05, 0) is 37.1 Å². The highest BCUT2D eigenvalue weighted by atomic mass is 16.5. The summed E-state index contributed by atoms with van der Waals surface area (Å²) in [6.45, 7) is 4.02. The predicted molar refractivity (Wildman–Crippen MR) is 97.3 cm³/mol. The van der Waals surface area contributed by atoms with Crippen LogP contribution in [0.25, 0.3) is 0 Å². The number of likely N-dealkylation sites (N-methyl/N-ethyl adjacent to an activating group) is 1. The number of nitrogens with zero attached hydrogens (tertiary/aromatic N) is 1. The lowest BCUT2D eigenvalue weighted by Gasteiger charge is -2.19. The van der Waals surface area contributed by atoms with Crippen LogP contribution in [0.5, 0.6) is 11.5 Å². The number of carbonyl (C=O) groups excluding carboxylic acids is 2. The predicted octanol–water partition coefficient (Wildman–Crippen LogP) is 2.83. The number of hydrogen-bond acceptors (Lipinski definition) is 5. The Balaban J connectivity index is 1.96. The van der Waals surface area contributed by atoms with Crippen LogP contribution in [-0.2, 0) is 16.1 Å². The number of carbonyl (C=O) groups is 2. The topological polar surface area (TPSA) is 76.1 Å². The van der Waals surface area contributed by atoms with Crippen molar-refractivity contribution < 1.29 is 24.2 Å². The number of rotatable bonds is 6. The molecule has 0 fully saturated rings. The van der Waals surface area contributed by atoms with E-state index in [0.29, 0.717) is 6.54 Å². The Morgan fingerprint density at radius 3 is 2.54 bits per heavy atom. The molecule has 0 spiro atoms. The first kappa shape index (κ1) is 19.3. The average Bonchev–Trinajstić information content (AvgIpc) is 2.61. The van der Waals surface area contributed by atoms with Crippen molar-refractivity contribution in [3.8, 4) is 11.5 Å². The Hall–Kier alpha value is -3.02. The third kappa shape index (κ3) is 4.53. The van der Waals surface area contributed by atoms with Gasteiger partial charge in [0.2, 0.25) is 0 Å². The molecule has 1 amide bonds. The highest BCUT2D eigenvalue weighted by Gasteiger charge is 2.19. The Morgan fingerprint density at radius 1 is 1.15 bits per heavy atom. The number of phenols is 1. The van der Waals surface area contributed by atoms with Crippen LogP contribution < -0.4 is 4.74 Å². The van der Waals surface area contributed by atoms with Crippen molar-refractivity contribution in [3.05, 3.63) is 58.7 Å². The molecule has 0 atom stereocenters. The fraction of sp³-hybridized carbons (Fsp3) is 0.300. The van der Waals surface area contributed by atoms with Crippen LogP contribution >= 0.6 is 0 Å². The number of phenolic OH excluding ortho intramolecular Hbond substituents is 1. The van der Waals surface area contributed by atoms with Gasteiger partial charge in [0.1, 0.15) is 5.56 Å². The molecule has 0 aliphatic carbocycles. The van der Waals surface area contributed by atoms with Gasteiger partial charge in [-0.3, -0.25) is 4.79 Å². The second kappa shape index (κ2) is 8.38. The SMILES string of the molecule is COc1cccc(C(=O)OCC(=O)N(C)Cc2ccc(C)cc2C)c1O. The summed E-state index contributed by atoms with van der Waals surface area (Å²) in [5, 5.41) is 9.96. The molecule has 0 unspecified atom stereocenters. The smallest absolute Gasteiger partial charge is 0.342 e. The summed E-state index contributed by atoms with van der Waals surface area (Å²) in [7, 11) is 3.04. The van der Waals surface area contributed by atoms with Gasteiger partial charge in [-0.15, -0.1) is 0 Å². The Labute approximate surface area is 153 Å². The van der Waals surface area contributed by atoms with Crippen molar-refractivity contribution in [1.82, 2.24) is 4.90 Å². The van der Waals surface area contributed by atoms with Crippen LogP contribution in [0.2, 0.25) is 0 Å². The van der Waals surface area contributed by atoms with Crippen LogP contribution in [0.1, 0.15) is 27.0 Å². The zero-order valence-electron chi connectivity index (χ0n) is 15.4. The van der Waals surface area contributed by atoms with Crippen molar-refractivity contribution in [3.63, 3.8) is 0 Å². The summed E-state index contributed by atoms with van der Waals surface area (Å²) in [4.78, 5) is 25.8. The van der Waals surface area contributed by atoms with Crippen molar-refractivity contribution in [2.75, 3.05) is 20.8 Å². The highest BCUT2D eigenvalue weighted by Crippen LogP contribution is 2.29. The maximum absolute atomic E-state index is 12.2. The lowest BCUT2D eigenvalue weighted by molar-refractivity contribution is -0.133. The summed E-state index contributed by atoms with van der Waals surface area (Å²) in [5.41, 5.74) is 3.24. The molecule has 0 bridgehead atoms. The Bertz CT molecular complexity index is 816. The summed E-state index contributed by atoms with van der Waals surface area (Å²) in [6, 6.07) is 10.5. The van der Waals surface area contributed by atoms with E-state index in [1.807, 2.05) is 26.0 Å². The number of aryl methyl sites for hydroxylation is 2. The second-order valence-corrected chi connectivity index (χ2v) is 6.11. The first-order valence-electron chi connectivity index (χ1n) is 8.16. The summed E-state index contributed by atoms with van der Waals surface area (Å²) in [6.07, 6.45) is 0. The zero-order valence-corrected chi connectivity index (χ0v) is 15.4. The van der Waals surface area contributed by atoms with Gasteiger partial charge in [-0.1, -0.05) is 29.8 Å². The molecular formula is C20H23NO5. The van der Waals surface area contributed by atoms with Crippen molar-refractivity contribution in [2.24, 2.45) is 0 Å². The molecule has 26 heavy (non-hydrogen) atoms. The van der Waals surface area contributed by atoms with E-state index in [4.69, 9.17) is 9.47 Å². The normalized spacial score (nSPS) is 10.3. The minimum absolute atomic E-state index is 0.0471. The largest absolute Gasteiger partial charge is 0.504 e. The van der Waals surface area contributed by atoms with E-state index in [1.165, 1.54) is 24.1 Å². The number of hydrogen-bond donors (Lipinski definition) is 1. The van der Waals surface area contributed by atoms with Crippen LogP contribution in [0.4, 0.5) is 0 Å². The van der Waals surface area contributed by atoms with E-state index in [9.17, 15) is 14.7 Å². The molecule has 6 nitrogen and oxygen atoms in total. The lowest BCUT2D eigenvalue weighted by atomic mass is 10.1. The van der Waals surface area contributed by atoms with Gasteiger partial charge in [0.25, 0.3) is 5.91 Å². The summed E-state index contributed by atoms with van der Waals surface area (Å²) >= 11 is 0. The van der Waals surface area contributed by atoms with E-state index in [1.54, 1.807) is 13.1 Å². The minimum Gasteiger partial charge on any atom is -0.504 e. The molecular weight excluding hydrogens is 334 g/mol. The molecule has 6 heteroatoms. The molecule has 0 aliphatic heterocycles. The molecule has 0 aliphatic rings. The van der Waals surface area contributed by atoms with Gasteiger partial charge in [0.05, 0.1) is 7.11 Å². The first-order chi connectivity index (χ1) is 12.3. The van der Waals surface area contributed by atoms with E-state index in [2.05, 4.69) is 6.07 Å². The third-order valence-electron chi connectivity index (χ3n) is 4.10. The number of ether oxygens (including phenoxy) is 2. The summed E-state index contributed by atoms with van der Waals surface area (Å²) in [5.74, 6) is -1.26. The van der Waals surface area contributed by atoms with Crippen molar-refractivity contribution in [2.45, 2.75) is 20.4 Å². The number of aromatic hydroxyl groups is 1. The monoisotopic (exact) mass is 357 g/mol. The van der Waals surface area contributed by atoms with Crippen molar-refractivity contribution in [1.29, 1.82) is 0 Å². The molecule has 0 radical (unpaired) electrons. The molecule has 0 saturated carbocycles. The molecule has 2 aromatic carbocycles. The van der Waals surface area contributed by atoms with Crippen LogP contribution in [0, 0.1) is 13.8 Å². The molecule has 2 aromatic rings. The molecule has 0 saturated heterocycles. The lowest BCUT2D eigenvalue weighted by Crippen LogP contribution is -2.31. The highest BCUT2D eigenvalue weighted by molar-refractivity contribution is 5.94. The number of methoxy groups -OCH3 is 1. The van der Waals surface area contributed by atoms with Gasteiger partial charge in [0.15, 0.2) is 18.1 Å². The third-order valence-corrected chi connectivity index (χ3v) is 4.10. The fourth-order valence-corrected chi connectivity index (χ4v) is 2.53. The van der Waals surface area contributed by atoms with E-state index < -0.39 is 12.6 Å². The number of para-hydroxylation sites is 1. The van der Waals surface area contributed by atoms with Crippen LogP contribution in [0.15, 0.2) is 36.4 Å². The quantitative estimate of drug-likeness (QED) is 0.805. The second-order valence-electron chi connectivity index (χ2n) is 6.11. The number of benzene rings is 2. The molecule has 0 heterocycles. The van der Waals surface area contributed by atoms with E-state index >= 15 is 0 Å². The fourth-order valence-electron chi connectivity index (χ4n) is 2.53. The summed E-state index contributed by atoms with van der Waals surface area (Å²) < 4.78 is 9.99. The van der Waals surface area contributed by atoms with Crippen molar-refractivity contribution >= 4 is 11.9 Å². The standard InChI is InChI=1S/C20H23NO5/c1-13-8-9-15(14(2)10-13)11-21(3)18(22)12-26-20(24)16-6-5-7-17(25-4)19(16)23/h5-10,23H,11-12H2,1-4H3. The zero-order chi connectivity index (χ0) is 19.3. The van der Waals surface area contributed by atoms with Crippen LogP contribution in [0.3, 0.4) is 0 Å². The van der Waals surface area contributed by atoms with Gasteiger partial charge >= 0.3 is 5.97 Å². The molecule has 2 rings (SSSR count). The minimum atomic E-state index is -0.783. The van der Waals surface area contributed by atoms with Gasteiger partial charge < -0.3 is 19.5 Å². The van der Waals surface area contributed by atoms with Gasteiger partial charge in [-0.2, -0.15) is 0 Å². The molecule has 1 N–H and O–H groups in total. The number of esters is 1. The Kier molecular flexibility index (Phi) is 6.22. The maximum atomic E-state index is 12.2. The van der Waals surface area contributed by atoms with E-state index in [0.717, 1.165) is 16.7 Å². The van der Waals surface area contributed by atoms with E-state index in [-0.39, 0.29) is 23.0 Å². The van der Waals surface area contributed by atoms with Gasteiger partial charge in [-0.25, -0.2) is 4.79 Å². The first-order valence-corrected chi connectivity index (χ1v) is 8.16. The molecule has 0 aromatic heterocycles. The number of amides is 1. The Morgan fingerprint density at radius 2 is 1.88 bits per heavy atom. The van der Waals surface area contributed by atoms with Gasteiger partial charge in [0, 0.05) is 13.6 Å². The molecule has 138 valence electrons. The maximum Gasteiger partial charge on any atom is 0.342 e. The average molecular weight is 357 g/mol.